The van der Waals surface area contributed by atoms with Gasteiger partial charge in [-0.1, -0.05) is 6.92 Å². The number of amides is 2. The minimum Gasteiger partial charge on any atom is -0.484 e. The summed E-state index contributed by atoms with van der Waals surface area (Å²) in [5, 5.41) is 9.68. The van der Waals surface area contributed by atoms with E-state index in [0.717, 1.165) is 19.5 Å². The predicted octanol–water partition coefficient (Wildman–Crippen LogP) is 0.0794. The van der Waals surface area contributed by atoms with E-state index in [1.807, 2.05) is 6.92 Å². The lowest BCUT2D eigenvalue weighted by Gasteiger charge is -2.35. The molecule has 1 heterocycles. The highest BCUT2D eigenvalue weighted by molar-refractivity contribution is 5.92. The van der Waals surface area contributed by atoms with Gasteiger partial charge in [0.2, 0.25) is 5.91 Å². The van der Waals surface area contributed by atoms with Gasteiger partial charge in [-0.2, -0.15) is 0 Å². The molecule has 1 saturated heterocycles. The third-order valence-corrected chi connectivity index (χ3v) is 4.17. The number of piperazine rings is 1. The molecule has 1 aromatic rings. The Kier molecular flexibility index (Phi) is 6.57. The van der Waals surface area contributed by atoms with Crippen molar-refractivity contribution >= 4 is 11.8 Å². The van der Waals surface area contributed by atoms with Gasteiger partial charge in [-0.25, -0.2) is 0 Å². The molecule has 0 spiro atoms. The minimum absolute atomic E-state index is 0.0342. The lowest BCUT2D eigenvalue weighted by Crippen LogP contribution is -2.51. The number of β-amino-alcohol motifs (C(OH)–C–C–N with tert-alkyl or cyclic N) is 1. The van der Waals surface area contributed by atoms with Crippen LogP contribution < -0.4 is 10.5 Å². The van der Waals surface area contributed by atoms with Gasteiger partial charge in [-0.15, -0.1) is 0 Å². The molecule has 1 atom stereocenters. The van der Waals surface area contributed by atoms with Crippen molar-refractivity contribution in [3.8, 4) is 5.75 Å². The fourth-order valence-electron chi connectivity index (χ4n) is 2.56. The van der Waals surface area contributed by atoms with E-state index in [1.165, 1.54) is 0 Å². The van der Waals surface area contributed by atoms with Crippen LogP contribution in [0.25, 0.3) is 0 Å². The predicted molar refractivity (Wildman–Crippen MR) is 89.8 cm³/mol. The number of hydrogen-bond acceptors (Lipinski definition) is 5. The van der Waals surface area contributed by atoms with Crippen LogP contribution in [-0.2, 0) is 4.79 Å². The van der Waals surface area contributed by atoms with E-state index in [-0.39, 0.29) is 18.6 Å². The number of benzene rings is 1. The summed E-state index contributed by atoms with van der Waals surface area (Å²) in [6.45, 7) is 5.37. The maximum absolute atomic E-state index is 12.2. The number of carbonyl (C=O) groups excluding carboxylic acids is 2. The Morgan fingerprint density at radius 2 is 1.83 bits per heavy atom. The number of hydrogen-bond donors (Lipinski definition) is 2. The number of ether oxygens (including phenoxy) is 1. The highest BCUT2D eigenvalue weighted by atomic mass is 16.5. The lowest BCUT2D eigenvalue weighted by atomic mass is 10.2. The van der Waals surface area contributed by atoms with Gasteiger partial charge in [0, 0.05) is 38.3 Å². The molecule has 0 aromatic heterocycles. The standard InChI is InChI=1S/C17H25N3O4/c1-2-14(21)11-19-7-9-20(10-8-19)16(22)12-24-15-5-3-13(4-6-15)17(18)23/h3-6,14,21H,2,7-12H2,1H3,(H2,18,23)/t14-/m0/s1. The van der Waals surface area contributed by atoms with Crippen molar-refractivity contribution in [3.05, 3.63) is 29.8 Å². The summed E-state index contributed by atoms with van der Waals surface area (Å²) in [6.07, 6.45) is 0.431. The van der Waals surface area contributed by atoms with Crippen LogP contribution in [0.1, 0.15) is 23.7 Å². The SMILES string of the molecule is CC[C@H](O)CN1CCN(C(=O)COc2ccc(C(N)=O)cc2)CC1. The Bertz CT molecular complexity index is 553. The van der Waals surface area contributed by atoms with Gasteiger partial charge in [0.05, 0.1) is 6.10 Å². The van der Waals surface area contributed by atoms with Crippen molar-refractivity contribution in [2.75, 3.05) is 39.3 Å². The topological polar surface area (TPSA) is 96.1 Å². The summed E-state index contributed by atoms with van der Waals surface area (Å²) in [4.78, 5) is 27.1. The normalized spacial score (nSPS) is 16.7. The Morgan fingerprint density at radius 1 is 1.21 bits per heavy atom. The average molecular weight is 335 g/mol. The molecule has 0 radical (unpaired) electrons. The molecular weight excluding hydrogens is 310 g/mol. The summed E-state index contributed by atoms with van der Waals surface area (Å²) in [5.74, 6) is -0.0357. The molecule has 2 amide bonds. The van der Waals surface area contributed by atoms with Crippen molar-refractivity contribution in [1.29, 1.82) is 0 Å². The Balaban J connectivity index is 1.74. The van der Waals surface area contributed by atoms with E-state index in [0.29, 0.717) is 30.9 Å². The van der Waals surface area contributed by atoms with E-state index in [2.05, 4.69) is 4.90 Å². The first kappa shape index (κ1) is 18.2. The number of nitrogens with two attached hydrogens (primary N) is 1. The highest BCUT2D eigenvalue weighted by Gasteiger charge is 2.22. The second kappa shape index (κ2) is 8.65. The minimum atomic E-state index is -0.497. The quantitative estimate of drug-likeness (QED) is 0.736. The Labute approximate surface area is 142 Å². The van der Waals surface area contributed by atoms with Gasteiger partial charge >= 0.3 is 0 Å². The molecule has 7 heteroatoms. The molecule has 1 fully saturated rings. The van der Waals surface area contributed by atoms with E-state index in [4.69, 9.17) is 10.5 Å². The van der Waals surface area contributed by atoms with Crippen LogP contribution in [0.15, 0.2) is 24.3 Å². The second-order valence-corrected chi connectivity index (χ2v) is 5.92. The summed E-state index contributed by atoms with van der Waals surface area (Å²) < 4.78 is 5.47. The van der Waals surface area contributed by atoms with E-state index in [1.54, 1.807) is 29.2 Å². The van der Waals surface area contributed by atoms with Crippen LogP contribution in [-0.4, -0.2) is 72.2 Å². The van der Waals surface area contributed by atoms with Gasteiger partial charge in [0.1, 0.15) is 5.75 Å². The summed E-state index contributed by atoms with van der Waals surface area (Å²) in [7, 11) is 0. The maximum atomic E-state index is 12.2. The van der Waals surface area contributed by atoms with Crippen LogP contribution >= 0.6 is 0 Å². The molecule has 2 rings (SSSR count). The summed E-state index contributed by atoms with van der Waals surface area (Å²) >= 11 is 0. The number of carbonyl (C=O) groups is 2. The fraction of sp³-hybridized carbons (Fsp3) is 0.529. The molecule has 24 heavy (non-hydrogen) atoms. The van der Waals surface area contributed by atoms with Crippen LogP contribution in [0.4, 0.5) is 0 Å². The first-order valence-electron chi connectivity index (χ1n) is 8.20. The van der Waals surface area contributed by atoms with Crippen molar-refractivity contribution in [2.45, 2.75) is 19.4 Å². The molecule has 1 aliphatic rings. The van der Waals surface area contributed by atoms with Crippen molar-refractivity contribution in [1.82, 2.24) is 9.80 Å². The smallest absolute Gasteiger partial charge is 0.260 e. The molecule has 0 bridgehead atoms. The van der Waals surface area contributed by atoms with Gasteiger partial charge in [-0.3, -0.25) is 14.5 Å². The van der Waals surface area contributed by atoms with Crippen molar-refractivity contribution < 1.29 is 19.4 Å². The zero-order valence-corrected chi connectivity index (χ0v) is 14.0. The van der Waals surface area contributed by atoms with Crippen molar-refractivity contribution in [2.24, 2.45) is 5.73 Å². The van der Waals surface area contributed by atoms with Crippen LogP contribution in [0.5, 0.6) is 5.75 Å². The summed E-state index contributed by atoms with van der Waals surface area (Å²) in [6, 6.07) is 6.38. The first-order valence-corrected chi connectivity index (χ1v) is 8.20. The molecule has 1 aromatic carbocycles. The van der Waals surface area contributed by atoms with Gasteiger partial charge in [0.15, 0.2) is 6.61 Å². The first-order chi connectivity index (χ1) is 11.5. The van der Waals surface area contributed by atoms with Gasteiger partial charge in [-0.05, 0) is 30.7 Å². The van der Waals surface area contributed by atoms with E-state index < -0.39 is 5.91 Å². The molecule has 0 aliphatic carbocycles. The number of aliphatic hydroxyl groups excluding tert-OH is 1. The largest absolute Gasteiger partial charge is 0.484 e. The second-order valence-electron chi connectivity index (χ2n) is 5.92. The molecule has 0 saturated carbocycles. The number of nitrogens with zero attached hydrogens (tertiary/aromatic N) is 2. The van der Waals surface area contributed by atoms with Crippen molar-refractivity contribution in [3.63, 3.8) is 0 Å². The summed E-state index contributed by atoms with van der Waals surface area (Å²) in [5.41, 5.74) is 5.58. The molecule has 0 unspecified atom stereocenters. The molecule has 132 valence electrons. The fourth-order valence-corrected chi connectivity index (χ4v) is 2.56. The monoisotopic (exact) mass is 335 g/mol. The van der Waals surface area contributed by atoms with Crippen LogP contribution in [0.2, 0.25) is 0 Å². The van der Waals surface area contributed by atoms with Gasteiger partial charge in [0.25, 0.3) is 5.91 Å². The third kappa shape index (κ3) is 5.21. The number of aliphatic hydroxyl groups is 1. The van der Waals surface area contributed by atoms with E-state index in [9.17, 15) is 14.7 Å². The Morgan fingerprint density at radius 3 is 2.38 bits per heavy atom. The lowest BCUT2D eigenvalue weighted by molar-refractivity contribution is -0.135. The van der Waals surface area contributed by atoms with Gasteiger partial charge < -0.3 is 20.5 Å². The Hall–Kier alpha value is -2.12. The van der Waals surface area contributed by atoms with Crippen LogP contribution in [0.3, 0.4) is 0 Å². The zero-order valence-electron chi connectivity index (χ0n) is 14.0. The molecular formula is C17H25N3O4. The maximum Gasteiger partial charge on any atom is 0.260 e. The molecule has 1 aliphatic heterocycles. The van der Waals surface area contributed by atoms with Crippen LogP contribution in [0, 0.1) is 0 Å². The number of rotatable bonds is 7. The molecule has 3 N–H and O–H groups in total. The zero-order chi connectivity index (χ0) is 17.5. The van der Waals surface area contributed by atoms with E-state index >= 15 is 0 Å². The average Bonchev–Trinajstić information content (AvgIpc) is 2.60. The highest BCUT2D eigenvalue weighted by Crippen LogP contribution is 2.12. The number of primary amides is 1. The molecule has 7 nitrogen and oxygen atoms in total. The third-order valence-electron chi connectivity index (χ3n) is 4.17.